The van der Waals surface area contributed by atoms with Gasteiger partial charge in [0, 0.05) is 13.2 Å². The van der Waals surface area contributed by atoms with Crippen LogP contribution in [0.2, 0.25) is 5.02 Å². The lowest BCUT2D eigenvalue weighted by Crippen LogP contribution is -2.16. The predicted molar refractivity (Wildman–Crippen MR) is 65.6 cm³/mol. The summed E-state index contributed by atoms with van der Waals surface area (Å²) in [4.78, 5) is 4.14. The first-order chi connectivity index (χ1) is 8.02. The molecule has 6 heteroatoms. The highest BCUT2D eigenvalue weighted by Crippen LogP contribution is 2.25. The summed E-state index contributed by atoms with van der Waals surface area (Å²) in [7, 11) is 1.61. The average Bonchev–Trinajstić information content (AvgIpc) is 2.56. The van der Waals surface area contributed by atoms with Crippen LogP contribution in [0.3, 0.4) is 0 Å². The van der Waals surface area contributed by atoms with Gasteiger partial charge in [-0.3, -0.25) is 0 Å². The number of methoxy groups -OCH3 is 1. The number of imidazole rings is 1. The molecular formula is C11H13ClFN3O. The van der Waals surface area contributed by atoms with Gasteiger partial charge < -0.3 is 15.0 Å². The van der Waals surface area contributed by atoms with E-state index in [4.69, 9.17) is 22.1 Å². The van der Waals surface area contributed by atoms with Crippen LogP contribution in [0, 0.1) is 5.82 Å². The minimum atomic E-state index is -0.481. The number of hydrogen-bond acceptors (Lipinski definition) is 3. The average molecular weight is 258 g/mol. The van der Waals surface area contributed by atoms with E-state index >= 15 is 0 Å². The number of hydrogen-bond donors (Lipinski definition) is 1. The SMILES string of the molecule is COC(C)Cn1c(N)nc2cc(Cl)c(F)cc21. The van der Waals surface area contributed by atoms with E-state index in [0.717, 1.165) is 0 Å². The van der Waals surface area contributed by atoms with Crippen molar-refractivity contribution < 1.29 is 9.13 Å². The number of nitrogen functional groups attached to an aromatic ring is 1. The van der Waals surface area contributed by atoms with Crippen molar-refractivity contribution in [3.05, 3.63) is 23.0 Å². The summed E-state index contributed by atoms with van der Waals surface area (Å²) in [6.07, 6.45) is -0.0339. The van der Waals surface area contributed by atoms with Crippen LogP contribution in [0.25, 0.3) is 11.0 Å². The summed E-state index contributed by atoms with van der Waals surface area (Å²) in [5.74, 6) is -0.157. The zero-order chi connectivity index (χ0) is 12.6. The molecule has 2 aromatic rings. The number of fused-ring (bicyclic) bond motifs is 1. The van der Waals surface area contributed by atoms with E-state index in [2.05, 4.69) is 4.98 Å². The summed E-state index contributed by atoms with van der Waals surface area (Å²) in [6.45, 7) is 2.41. The van der Waals surface area contributed by atoms with Crippen LogP contribution in [0.1, 0.15) is 6.92 Å². The van der Waals surface area contributed by atoms with Crippen LogP contribution in [0.4, 0.5) is 10.3 Å². The van der Waals surface area contributed by atoms with Crippen molar-refractivity contribution in [1.82, 2.24) is 9.55 Å². The molecule has 0 saturated carbocycles. The highest BCUT2D eigenvalue weighted by molar-refractivity contribution is 6.31. The monoisotopic (exact) mass is 257 g/mol. The first-order valence-electron chi connectivity index (χ1n) is 5.16. The zero-order valence-electron chi connectivity index (χ0n) is 9.58. The van der Waals surface area contributed by atoms with Gasteiger partial charge in [0.25, 0.3) is 0 Å². The van der Waals surface area contributed by atoms with Crippen molar-refractivity contribution in [2.75, 3.05) is 12.8 Å². The number of aromatic nitrogens is 2. The highest BCUT2D eigenvalue weighted by atomic mass is 35.5. The Morgan fingerprint density at radius 1 is 1.59 bits per heavy atom. The van der Waals surface area contributed by atoms with Crippen LogP contribution in [-0.4, -0.2) is 22.8 Å². The van der Waals surface area contributed by atoms with Crippen molar-refractivity contribution in [3.8, 4) is 0 Å². The standard InChI is InChI=1S/C11H13ClFN3O/c1-6(17-2)5-16-10-4-8(13)7(12)3-9(10)15-11(16)14/h3-4,6H,5H2,1-2H3,(H2,14,15). The number of halogens is 2. The third-order valence-electron chi connectivity index (χ3n) is 2.66. The molecular weight excluding hydrogens is 245 g/mol. The molecule has 1 unspecified atom stereocenters. The van der Waals surface area contributed by atoms with E-state index in [1.807, 2.05) is 6.92 Å². The smallest absolute Gasteiger partial charge is 0.201 e. The molecule has 4 nitrogen and oxygen atoms in total. The molecule has 1 atom stereocenters. The molecule has 0 saturated heterocycles. The van der Waals surface area contributed by atoms with Gasteiger partial charge in [-0.1, -0.05) is 11.6 Å². The van der Waals surface area contributed by atoms with Gasteiger partial charge in [-0.25, -0.2) is 9.37 Å². The molecule has 0 aliphatic carbocycles. The Hall–Kier alpha value is -1.33. The number of nitrogens with zero attached hydrogens (tertiary/aromatic N) is 2. The fourth-order valence-corrected chi connectivity index (χ4v) is 1.82. The molecule has 92 valence electrons. The summed E-state index contributed by atoms with van der Waals surface area (Å²) < 4.78 is 20.3. The molecule has 0 fully saturated rings. The number of benzene rings is 1. The van der Waals surface area contributed by atoms with Gasteiger partial charge in [0.2, 0.25) is 5.95 Å². The first-order valence-corrected chi connectivity index (χ1v) is 5.54. The van der Waals surface area contributed by atoms with Gasteiger partial charge in [-0.15, -0.1) is 0 Å². The van der Waals surface area contributed by atoms with E-state index in [-0.39, 0.29) is 11.1 Å². The van der Waals surface area contributed by atoms with Crippen LogP contribution in [-0.2, 0) is 11.3 Å². The number of anilines is 1. The number of nitrogens with two attached hydrogens (primary N) is 1. The van der Waals surface area contributed by atoms with Crippen LogP contribution >= 0.6 is 11.6 Å². The number of rotatable bonds is 3. The second-order valence-electron chi connectivity index (χ2n) is 3.88. The highest BCUT2D eigenvalue weighted by Gasteiger charge is 2.13. The van der Waals surface area contributed by atoms with Gasteiger partial charge in [0.05, 0.1) is 28.7 Å². The van der Waals surface area contributed by atoms with Gasteiger partial charge >= 0.3 is 0 Å². The van der Waals surface area contributed by atoms with Crippen molar-refractivity contribution in [1.29, 1.82) is 0 Å². The lowest BCUT2D eigenvalue weighted by Gasteiger charge is -2.12. The van der Waals surface area contributed by atoms with E-state index < -0.39 is 5.82 Å². The Labute approximate surface area is 103 Å². The lowest BCUT2D eigenvalue weighted by atomic mass is 10.3. The second kappa shape index (κ2) is 4.50. The maximum absolute atomic E-state index is 13.4. The third kappa shape index (κ3) is 2.21. The Balaban J connectivity index is 2.54. The van der Waals surface area contributed by atoms with Crippen LogP contribution in [0.5, 0.6) is 0 Å². The topological polar surface area (TPSA) is 53.1 Å². The van der Waals surface area contributed by atoms with Crippen molar-refractivity contribution in [2.45, 2.75) is 19.6 Å². The van der Waals surface area contributed by atoms with E-state index in [9.17, 15) is 4.39 Å². The molecule has 0 aliphatic rings. The van der Waals surface area contributed by atoms with Crippen molar-refractivity contribution >= 4 is 28.6 Å². The molecule has 0 spiro atoms. The van der Waals surface area contributed by atoms with E-state index in [1.54, 1.807) is 11.7 Å². The Morgan fingerprint density at radius 3 is 2.94 bits per heavy atom. The molecule has 17 heavy (non-hydrogen) atoms. The fraction of sp³-hybridized carbons (Fsp3) is 0.364. The Morgan fingerprint density at radius 2 is 2.29 bits per heavy atom. The lowest BCUT2D eigenvalue weighted by molar-refractivity contribution is 0.105. The molecule has 1 heterocycles. The number of ether oxygens (including phenoxy) is 1. The Bertz CT molecular complexity index is 555. The normalized spacial score (nSPS) is 13.2. The first kappa shape index (κ1) is 12.1. The molecule has 1 aromatic carbocycles. The van der Waals surface area contributed by atoms with Crippen LogP contribution in [0.15, 0.2) is 12.1 Å². The fourth-order valence-electron chi connectivity index (χ4n) is 1.66. The van der Waals surface area contributed by atoms with Crippen molar-refractivity contribution in [2.24, 2.45) is 0 Å². The molecule has 1 aromatic heterocycles. The Kier molecular flexibility index (Phi) is 3.22. The summed E-state index contributed by atoms with van der Waals surface area (Å²) in [6, 6.07) is 2.81. The minimum Gasteiger partial charge on any atom is -0.380 e. The third-order valence-corrected chi connectivity index (χ3v) is 2.95. The molecule has 0 amide bonds. The van der Waals surface area contributed by atoms with Gasteiger partial charge in [0.1, 0.15) is 5.82 Å². The predicted octanol–water partition coefficient (Wildman–Crippen LogP) is 2.45. The molecule has 0 aliphatic heterocycles. The largest absolute Gasteiger partial charge is 0.380 e. The van der Waals surface area contributed by atoms with E-state index in [1.165, 1.54) is 12.1 Å². The second-order valence-corrected chi connectivity index (χ2v) is 4.29. The summed E-state index contributed by atoms with van der Waals surface area (Å²) >= 11 is 5.69. The van der Waals surface area contributed by atoms with Gasteiger partial charge in [-0.2, -0.15) is 0 Å². The molecule has 0 bridgehead atoms. The van der Waals surface area contributed by atoms with Gasteiger partial charge in [0.15, 0.2) is 0 Å². The van der Waals surface area contributed by atoms with Crippen molar-refractivity contribution in [3.63, 3.8) is 0 Å². The van der Waals surface area contributed by atoms with Gasteiger partial charge in [-0.05, 0) is 13.0 Å². The van der Waals surface area contributed by atoms with E-state index in [0.29, 0.717) is 23.5 Å². The minimum absolute atomic E-state index is 0.0339. The molecule has 0 radical (unpaired) electrons. The summed E-state index contributed by atoms with van der Waals surface area (Å²) in [5.41, 5.74) is 6.99. The molecule has 2 rings (SSSR count). The van der Waals surface area contributed by atoms with Crippen LogP contribution < -0.4 is 5.73 Å². The quantitative estimate of drug-likeness (QED) is 0.919. The summed E-state index contributed by atoms with van der Waals surface area (Å²) in [5, 5.41) is 0.0435. The zero-order valence-corrected chi connectivity index (χ0v) is 10.3. The maximum atomic E-state index is 13.4. The maximum Gasteiger partial charge on any atom is 0.201 e. The molecule has 2 N–H and O–H groups in total.